The highest BCUT2D eigenvalue weighted by Gasteiger charge is 2.05. The third-order valence-corrected chi connectivity index (χ3v) is 3.41. The maximum Gasteiger partial charge on any atom is 0.191 e. The summed E-state index contributed by atoms with van der Waals surface area (Å²) in [5.74, 6) is 2.38. The monoisotopic (exact) mass is 449 g/mol. The van der Waals surface area contributed by atoms with Gasteiger partial charge in [-0.05, 0) is 24.8 Å². The van der Waals surface area contributed by atoms with E-state index in [1.807, 2.05) is 18.2 Å². The predicted octanol–water partition coefficient (Wildman–Crippen LogP) is 3.43. The first-order valence-electron chi connectivity index (χ1n) is 8.31. The van der Waals surface area contributed by atoms with E-state index in [4.69, 9.17) is 9.47 Å². The van der Waals surface area contributed by atoms with Gasteiger partial charge in [0.2, 0.25) is 0 Å². The Hall–Kier alpha value is -1.02. The molecule has 0 amide bonds. The lowest BCUT2D eigenvalue weighted by molar-refractivity contribution is 0.195. The zero-order valence-corrected chi connectivity index (χ0v) is 17.6. The molecule has 0 spiro atoms. The molecule has 0 radical (unpaired) electrons. The topological polar surface area (TPSA) is 54.9 Å². The Morgan fingerprint density at radius 2 is 1.92 bits per heavy atom. The molecule has 24 heavy (non-hydrogen) atoms. The van der Waals surface area contributed by atoms with Crippen molar-refractivity contribution in [1.82, 2.24) is 10.6 Å². The van der Waals surface area contributed by atoms with Crippen LogP contribution in [0.25, 0.3) is 0 Å². The molecule has 0 aliphatic rings. The van der Waals surface area contributed by atoms with Crippen molar-refractivity contribution in [2.75, 3.05) is 33.9 Å². The van der Waals surface area contributed by atoms with Crippen molar-refractivity contribution in [2.24, 2.45) is 10.9 Å². The first-order valence-corrected chi connectivity index (χ1v) is 8.31. The van der Waals surface area contributed by atoms with Crippen LogP contribution in [0.15, 0.2) is 29.3 Å². The third kappa shape index (κ3) is 9.97. The number of guanidine groups is 1. The molecule has 0 aliphatic heterocycles. The minimum atomic E-state index is 0. The summed E-state index contributed by atoms with van der Waals surface area (Å²) in [4.78, 5) is 4.23. The second-order valence-electron chi connectivity index (χ2n) is 5.84. The summed E-state index contributed by atoms with van der Waals surface area (Å²) in [6.07, 6.45) is 2.01. The molecule has 0 heterocycles. The smallest absolute Gasteiger partial charge is 0.191 e. The molecule has 138 valence electrons. The van der Waals surface area contributed by atoms with Crippen LogP contribution in [0.2, 0.25) is 0 Å². The molecule has 1 rings (SSSR count). The Balaban J connectivity index is 0.00000529. The highest BCUT2D eigenvalue weighted by molar-refractivity contribution is 14.0. The number of nitrogens with zero attached hydrogens (tertiary/aromatic N) is 1. The molecule has 0 fully saturated rings. The standard InChI is InChI=1S/C18H31N3O2.HI/c1-15(2)10-13-23-17-9-6-5-8-16(17)14-21-18(19-3)20-11-7-12-22-4;/h5-6,8-9,15H,7,10-14H2,1-4H3,(H2,19,20,21);1H. The lowest BCUT2D eigenvalue weighted by atomic mass is 10.1. The normalized spacial score (nSPS) is 11.1. The average Bonchev–Trinajstić information content (AvgIpc) is 2.55. The van der Waals surface area contributed by atoms with E-state index in [9.17, 15) is 0 Å². The highest BCUT2D eigenvalue weighted by Crippen LogP contribution is 2.18. The van der Waals surface area contributed by atoms with Gasteiger partial charge in [0.25, 0.3) is 0 Å². The average molecular weight is 449 g/mol. The predicted molar refractivity (Wildman–Crippen MR) is 112 cm³/mol. The number of benzene rings is 1. The van der Waals surface area contributed by atoms with Crippen LogP contribution in [0.1, 0.15) is 32.3 Å². The van der Waals surface area contributed by atoms with Gasteiger partial charge in [-0.15, -0.1) is 24.0 Å². The van der Waals surface area contributed by atoms with Crippen molar-refractivity contribution in [1.29, 1.82) is 0 Å². The molecule has 0 unspecified atom stereocenters. The van der Waals surface area contributed by atoms with Gasteiger partial charge in [-0.3, -0.25) is 4.99 Å². The summed E-state index contributed by atoms with van der Waals surface area (Å²) < 4.78 is 10.9. The molecule has 5 nitrogen and oxygen atoms in total. The Morgan fingerprint density at radius 1 is 1.17 bits per heavy atom. The molecule has 0 aromatic heterocycles. The van der Waals surface area contributed by atoms with E-state index in [2.05, 4.69) is 35.5 Å². The second kappa shape index (κ2) is 14.3. The van der Waals surface area contributed by atoms with Crippen LogP contribution in [0.5, 0.6) is 5.75 Å². The zero-order valence-electron chi connectivity index (χ0n) is 15.3. The zero-order chi connectivity index (χ0) is 16.9. The minimum Gasteiger partial charge on any atom is -0.493 e. The Kier molecular flexibility index (Phi) is 13.7. The van der Waals surface area contributed by atoms with Crippen molar-refractivity contribution in [2.45, 2.75) is 33.2 Å². The molecule has 0 atom stereocenters. The Morgan fingerprint density at radius 3 is 2.58 bits per heavy atom. The number of rotatable bonds is 10. The lowest BCUT2D eigenvalue weighted by Crippen LogP contribution is -2.37. The fourth-order valence-electron chi connectivity index (χ4n) is 2.02. The Labute approximate surface area is 163 Å². The first-order chi connectivity index (χ1) is 11.2. The second-order valence-corrected chi connectivity index (χ2v) is 5.84. The molecule has 2 N–H and O–H groups in total. The largest absolute Gasteiger partial charge is 0.493 e. The number of para-hydroxylation sites is 1. The van der Waals surface area contributed by atoms with Gasteiger partial charge in [0.05, 0.1) is 6.61 Å². The summed E-state index contributed by atoms with van der Waals surface area (Å²) in [5, 5.41) is 6.59. The molecule has 6 heteroatoms. The maximum atomic E-state index is 5.91. The van der Waals surface area contributed by atoms with Crippen LogP contribution >= 0.6 is 24.0 Å². The number of nitrogens with one attached hydrogen (secondary N) is 2. The van der Waals surface area contributed by atoms with E-state index in [0.29, 0.717) is 12.5 Å². The van der Waals surface area contributed by atoms with E-state index in [1.54, 1.807) is 14.2 Å². The number of ether oxygens (including phenoxy) is 2. The van der Waals surface area contributed by atoms with Gasteiger partial charge in [0, 0.05) is 39.4 Å². The van der Waals surface area contributed by atoms with Gasteiger partial charge in [-0.25, -0.2) is 0 Å². The van der Waals surface area contributed by atoms with Crippen LogP contribution < -0.4 is 15.4 Å². The van der Waals surface area contributed by atoms with E-state index in [0.717, 1.165) is 49.9 Å². The fourth-order valence-corrected chi connectivity index (χ4v) is 2.02. The van der Waals surface area contributed by atoms with Crippen molar-refractivity contribution < 1.29 is 9.47 Å². The highest BCUT2D eigenvalue weighted by atomic mass is 127. The molecule has 0 aliphatic carbocycles. The van der Waals surface area contributed by atoms with Gasteiger partial charge in [0.15, 0.2) is 5.96 Å². The number of halogens is 1. The van der Waals surface area contributed by atoms with E-state index in [-0.39, 0.29) is 24.0 Å². The summed E-state index contributed by atoms with van der Waals surface area (Å²) in [7, 11) is 3.49. The van der Waals surface area contributed by atoms with Crippen molar-refractivity contribution in [3.63, 3.8) is 0 Å². The SMILES string of the molecule is CN=C(NCCCOC)NCc1ccccc1OCCC(C)C.I. The van der Waals surface area contributed by atoms with E-state index in [1.165, 1.54) is 0 Å². The molecular formula is C18H32IN3O2. The van der Waals surface area contributed by atoms with Gasteiger partial charge < -0.3 is 20.1 Å². The van der Waals surface area contributed by atoms with Gasteiger partial charge in [-0.1, -0.05) is 32.0 Å². The van der Waals surface area contributed by atoms with Gasteiger partial charge in [0.1, 0.15) is 5.75 Å². The number of hydrogen-bond acceptors (Lipinski definition) is 3. The lowest BCUT2D eigenvalue weighted by Gasteiger charge is -2.15. The van der Waals surface area contributed by atoms with Crippen molar-refractivity contribution in [3.8, 4) is 5.75 Å². The van der Waals surface area contributed by atoms with Crippen molar-refractivity contribution in [3.05, 3.63) is 29.8 Å². The van der Waals surface area contributed by atoms with E-state index >= 15 is 0 Å². The summed E-state index contributed by atoms with van der Waals surface area (Å²) in [6.45, 7) is 7.42. The third-order valence-electron chi connectivity index (χ3n) is 3.41. The quantitative estimate of drug-likeness (QED) is 0.249. The van der Waals surface area contributed by atoms with Crippen LogP contribution in [0.4, 0.5) is 0 Å². The molecule has 1 aromatic carbocycles. The number of methoxy groups -OCH3 is 1. The molecule has 1 aromatic rings. The molecule has 0 bridgehead atoms. The van der Waals surface area contributed by atoms with Gasteiger partial charge >= 0.3 is 0 Å². The molecule has 0 saturated heterocycles. The maximum absolute atomic E-state index is 5.91. The van der Waals surface area contributed by atoms with Crippen LogP contribution in [0, 0.1) is 5.92 Å². The summed E-state index contributed by atoms with van der Waals surface area (Å²) >= 11 is 0. The van der Waals surface area contributed by atoms with E-state index < -0.39 is 0 Å². The fraction of sp³-hybridized carbons (Fsp3) is 0.611. The summed E-state index contributed by atoms with van der Waals surface area (Å²) in [6, 6.07) is 8.13. The minimum absolute atomic E-state index is 0. The van der Waals surface area contributed by atoms with Crippen LogP contribution in [-0.4, -0.2) is 39.9 Å². The molecular weight excluding hydrogens is 417 g/mol. The van der Waals surface area contributed by atoms with Crippen LogP contribution in [0.3, 0.4) is 0 Å². The summed E-state index contributed by atoms with van der Waals surface area (Å²) in [5.41, 5.74) is 1.14. The number of hydrogen-bond donors (Lipinski definition) is 2. The first kappa shape index (κ1) is 23.0. The molecule has 0 saturated carbocycles. The number of aliphatic imine (C=N–C) groups is 1. The Bertz CT molecular complexity index is 467. The van der Waals surface area contributed by atoms with Crippen LogP contribution in [-0.2, 0) is 11.3 Å². The van der Waals surface area contributed by atoms with Gasteiger partial charge in [-0.2, -0.15) is 0 Å². The van der Waals surface area contributed by atoms with Crippen molar-refractivity contribution >= 4 is 29.9 Å².